The lowest BCUT2D eigenvalue weighted by molar-refractivity contribution is -0.139. The number of methoxy groups -OCH3 is 2. The Morgan fingerprint density at radius 3 is 2.56 bits per heavy atom. The number of ether oxygens (including phenoxy) is 3. The molecule has 1 aromatic carbocycles. The maximum atomic E-state index is 11.7. The van der Waals surface area contributed by atoms with Gasteiger partial charge in [0.05, 0.1) is 32.1 Å². The van der Waals surface area contributed by atoms with E-state index < -0.39 is 0 Å². The summed E-state index contributed by atoms with van der Waals surface area (Å²) in [4.78, 5) is 11.7. The number of esters is 1. The zero-order valence-electron chi connectivity index (χ0n) is 14.5. The van der Waals surface area contributed by atoms with Crippen molar-refractivity contribution in [2.75, 3.05) is 26.6 Å². The predicted octanol–water partition coefficient (Wildman–Crippen LogP) is 2.86. The Hall–Kier alpha value is -2.48. The van der Waals surface area contributed by atoms with Crippen LogP contribution < -0.4 is 9.47 Å². The highest BCUT2D eigenvalue weighted by molar-refractivity contribution is 7.99. The van der Waals surface area contributed by atoms with E-state index in [0.29, 0.717) is 23.3 Å². The third-order valence-electron chi connectivity index (χ3n) is 3.76. The summed E-state index contributed by atoms with van der Waals surface area (Å²) in [6, 6.07) is 5.83. The molecule has 2 aromatic heterocycles. The van der Waals surface area contributed by atoms with Crippen LogP contribution in [0.15, 0.2) is 23.4 Å². The van der Waals surface area contributed by atoms with E-state index in [4.69, 9.17) is 14.2 Å². The third-order valence-corrected chi connectivity index (χ3v) is 4.66. The molecule has 25 heavy (non-hydrogen) atoms. The van der Waals surface area contributed by atoms with Gasteiger partial charge in [0, 0.05) is 11.5 Å². The van der Waals surface area contributed by atoms with Crippen LogP contribution in [0.5, 0.6) is 11.5 Å². The van der Waals surface area contributed by atoms with Gasteiger partial charge >= 0.3 is 5.97 Å². The van der Waals surface area contributed by atoms with E-state index in [-0.39, 0.29) is 11.7 Å². The molecule has 0 aliphatic carbocycles. The number of aryl methyl sites for hydroxylation is 1. The topological polar surface area (TPSA) is 75.0 Å². The Labute approximate surface area is 149 Å². The molecule has 8 heteroatoms. The summed E-state index contributed by atoms with van der Waals surface area (Å²) in [7, 11) is 3.20. The fourth-order valence-corrected chi connectivity index (χ4v) is 3.40. The number of benzene rings is 1. The Balaban J connectivity index is 2.14. The summed E-state index contributed by atoms with van der Waals surface area (Å²) in [6.07, 6.45) is 0. The number of fused-ring (bicyclic) bond motifs is 3. The van der Waals surface area contributed by atoms with Crippen LogP contribution in [0.1, 0.15) is 12.5 Å². The minimum atomic E-state index is -0.277. The Morgan fingerprint density at radius 2 is 1.88 bits per heavy atom. The lowest BCUT2D eigenvalue weighted by atomic mass is 10.1. The van der Waals surface area contributed by atoms with Crippen LogP contribution in [0, 0.1) is 6.92 Å². The molecule has 0 amide bonds. The maximum Gasteiger partial charge on any atom is 0.316 e. The fraction of sp³-hybridized carbons (Fsp3) is 0.353. The van der Waals surface area contributed by atoms with Crippen molar-refractivity contribution >= 4 is 34.3 Å². The quantitative estimate of drug-likeness (QED) is 0.494. The van der Waals surface area contributed by atoms with Gasteiger partial charge < -0.3 is 14.2 Å². The normalized spacial score (nSPS) is 11.0. The molecule has 7 nitrogen and oxygen atoms in total. The van der Waals surface area contributed by atoms with Crippen molar-refractivity contribution in [1.82, 2.24) is 14.6 Å². The number of pyridine rings is 1. The summed E-state index contributed by atoms with van der Waals surface area (Å²) in [5, 5.41) is 10.1. The van der Waals surface area contributed by atoms with E-state index in [1.165, 1.54) is 11.8 Å². The summed E-state index contributed by atoms with van der Waals surface area (Å²) in [6.45, 7) is 4.12. The molecule has 0 bridgehead atoms. The lowest BCUT2D eigenvalue weighted by Crippen LogP contribution is -2.07. The Morgan fingerprint density at radius 1 is 1.16 bits per heavy atom. The van der Waals surface area contributed by atoms with Crippen molar-refractivity contribution in [1.29, 1.82) is 0 Å². The van der Waals surface area contributed by atoms with Gasteiger partial charge in [-0.25, -0.2) is 0 Å². The van der Waals surface area contributed by atoms with E-state index in [0.717, 1.165) is 22.1 Å². The smallest absolute Gasteiger partial charge is 0.316 e. The first kappa shape index (κ1) is 17.3. The second-order valence-electron chi connectivity index (χ2n) is 5.33. The largest absolute Gasteiger partial charge is 0.493 e. The SMILES string of the molecule is CCOC(=O)CSc1nnc2c(C)cc3cc(OC)c(OC)cc3n12. The van der Waals surface area contributed by atoms with Crippen LogP contribution in [-0.2, 0) is 9.53 Å². The standard InChI is InChI=1S/C17H19N3O4S/c1-5-24-15(21)9-25-17-19-18-16-10(2)6-11-7-13(22-3)14(23-4)8-12(11)20(16)17/h6-8H,5,9H2,1-4H3. The van der Waals surface area contributed by atoms with Gasteiger partial charge in [-0.1, -0.05) is 11.8 Å². The highest BCUT2D eigenvalue weighted by Gasteiger charge is 2.16. The minimum absolute atomic E-state index is 0.178. The van der Waals surface area contributed by atoms with Gasteiger partial charge in [-0.2, -0.15) is 0 Å². The first-order valence-corrected chi connectivity index (χ1v) is 8.76. The molecule has 0 radical (unpaired) electrons. The zero-order valence-corrected chi connectivity index (χ0v) is 15.3. The number of carbonyl (C=O) groups is 1. The number of hydrogen-bond acceptors (Lipinski definition) is 7. The van der Waals surface area contributed by atoms with Crippen LogP contribution in [0.2, 0.25) is 0 Å². The molecule has 3 aromatic rings. The first-order valence-electron chi connectivity index (χ1n) is 7.78. The van der Waals surface area contributed by atoms with Crippen LogP contribution in [0.25, 0.3) is 16.6 Å². The van der Waals surface area contributed by atoms with E-state index in [9.17, 15) is 4.79 Å². The second kappa shape index (κ2) is 7.18. The molecule has 132 valence electrons. The van der Waals surface area contributed by atoms with E-state index in [1.54, 1.807) is 21.1 Å². The maximum absolute atomic E-state index is 11.7. The van der Waals surface area contributed by atoms with Crippen LogP contribution in [0.3, 0.4) is 0 Å². The number of carbonyl (C=O) groups excluding carboxylic acids is 1. The fourth-order valence-electron chi connectivity index (χ4n) is 2.65. The molecule has 0 unspecified atom stereocenters. The number of rotatable bonds is 6. The molecule has 0 N–H and O–H groups in total. The first-order chi connectivity index (χ1) is 12.1. The van der Waals surface area contributed by atoms with Gasteiger partial charge in [-0.3, -0.25) is 9.20 Å². The van der Waals surface area contributed by atoms with Gasteiger partial charge in [-0.15, -0.1) is 10.2 Å². The predicted molar refractivity (Wildman–Crippen MR) is 95.7 cm³/mol. The van der Waals surface area contributed by atoms with Crippen LogP contribution >= 0.6 is 11.8 Å². The molecular formula is C17H19N3O4S. The molecule has 0 saturated carbocycles. The molecule has 0 aliphatic heterocycles. The molecule has 2 heterocycles. The zero-order chi connectivity index (χ0) is 18.0. The molecule has 0 spiro atoms. The highest BCUT2D eigenvalue weighted by atomic mass is 32.2. The molecule has 0 fully saturated rings. The molecular weight excluding hydrogens is 342 g/mol. The van der Waals surface area contributed by atoms with Crippen molar-refractivity contribution in [3.05, 3.63) is 23.8 Å². The van der Waals surface area contributed by atoms with E-state index in [1.807, 2.05) is 29.5 Å². The average Bonchev–Trinajstić information content (AvgIpc) is 3.04. The second-order valence-corrected chi connectivity index (χ2v) is 6.27. The van der Waals surface area contributed by atoms with Gasteiger partial charge in [0.15, 0.2) is 22.3 Å². The van der Waals surface area contributed by atoms with Crippen molar-refractivity contribution in [2.45, 2.75) is 19.0 Å². The van der Waals surface area contributed by atoms with Crippen molar-refractivity contribution in [3.8, 4) is 11.5 Å². The van der Waals surface area contributed by atoms with Crippen LogP contribution in [-0.4, -0.2) is 47.1 Å². The average molecular weight is 361 g/mol. The molecule has 0 atom stereocenters. The summed E-state index contributed by atoms with van der Waals surface area (Å²) >= 11 is 1.29. The Bertz CT molecular complexity index is 939. The summed E-state index contributed by atoms with van der Waals surface area (Å²) in [5.41, 5.74) is 2.61. The van der Waals surface area contributed by atoms with E-state index in [2.05, 4.69) is 10.2 Å². The third kappa shape index (κ3) is 3.21. The minimum Gasteiger partial charge on any atom is -0.493 e. The van der Waals surface area contributed by atoms with E-state index >= 15 is 0 Å². The number of thioether (sulfide) groups is 1. The van der Waals surface area contributed by atoms with Crippen molar-refractivity contribution < 1.29 is 19.0 Å². The van der Waals surface area contributed by atoms with Gasteiger partial charge in [-0.05, 0) is 31.5 Å². The monoisotopic (exact) mass is 361 g/mol. The van der Waals surface area contributed by atoms with Gasteiger partial charge in [0.25, 0.3) is 0 Å². The van der Waals surface area contributed by atoms with Gasteiger partial charge in [0.2, 0.25) is 0 Å². The number of hydrogen-bond donors (Lipinski definition) is 0. The summed E-state index contributed by atoms with van der Waals surface area (Å²) < 4.78 is 17.7. The summed E-state index contributed by atoms with van der Waals surface area (Å²) in [5.74, 6) is 1.18. The number of aromatic nitrogens is 3. The molecule has 3 rings (SSSR count). The van der Waals surface area contributed by atoms with Crippen molar-refractivity contribution in [3.63, 3.8) is 0 Å². The Kier molecular flexibility index (Phi) is 4.98. The molecule has 0 saturated heterocycles. The van der Waals surface area contributed by atoms with Gasteiger partial charge in [0.1, 0.15) is 0 Å². The lowest BCUT2D eigenvalue weighted by Gasteiger charge is -2.12. The number of nitrogens with zero attached hydrogens (tertiary/aromatic N) is 3. The van der Waals surface area contributed by atoms with Crippen LogP contribution in [0.4, 0.5) is 0 Å². The molecule has 0 aliphatic rings. The van der Waals surface area contributed by atoms with Crippen molar-refractivity contribution in [2.24, 2.45) is 0 Å². The highest BCUT2D eigenvalue weighted by Crippen LogP contribution is 2.34.